The number of hydrogen-bond acceptors (Lipinski definition) is 6. The zero-order valence-corrected chi connectivity index (χ0v) is 19.6. The minimum absolute atomic E-state index is 0.0611. The normalized spacial score (nSPS) is 11.3. The van der Waals surface area contributed by atoms with Crippen LogP contribution in [-0.4, -0.2) is 22.9 Å². The molecule has 0 fully saturated rings. The Morgan fingerprint density at radius 1 is 1.10 bits per heavy atom. The molecule has 3 N–H and O–H groups in total. The molecule has 0 aliphatic rings. The van der Waals surface area contributed by atoms with Gasteiger partial charge in [-0.05, 0) is 59.7 Å². The Morgan fingerprint density at radius 2 is 1.83 bits per heavy atom. The Kier molecular flexibility index (Phi) is 5.50. The summed E-state index contributed by atoms with van der Waals surface area (Å²) < 4.78 is 0. The molecule has 0 saturated heterocycles. The molecule has 4 aromatic heterocycles. The zero-order chi connectivity index (χ0) is 20.7. The Balaban J connectivity index is 1.70. The first-order valence-electron chi connectivity index (χ1n) is 9.64. The second-order valence-electron chi connectivity index (χ2n) is 6.91. The van der Waals surface area contributed by atoms with Crippen molar-refractivity contribution in [2.75, 3.05) is 17.7 Å². The summed E-state index contributed by atoms with van der Waals surface area (Å²) in [5.41, 5.74) is 6.57. The highest BCUT2D eigenvalue weighted by molar-refractivity contribution is 7.18. The second-order valence-corrected chi connectivity index (χ2v) is 9.67. The maximum absolute atomic E-state index is 13.1. The molecule has 29 heavy (non-hydrogen) atoms. The highest BCUT2D eigenvalue weighted by Gasteiger charge is 2.23. The molecule has 0 radical (unpaired) electrons. The number of H-pyrrole nitrogens is 1. The highest BCUT2D eigenvalue weighted by atomic mass is 32.1. The molecule has 4 rings (SSSR count). The van der Waals surface area contributed by atoms with E-state index >= 15 is 0 Å². The van der Waals surface area contributed by atoms with Gasteiger partial charge in [0, 0.05) is 7.05 Å². The Hall–Kier alpha value is -2.16. The number of imidazole rings is 1. The van der Waals surface area contributed by atoms with Crippen LogP contribution in [-0.2, 0) is 12.8 Å². The molecule has 152 valence electrons. The van der Waals surface area contributed by atoms with Crippen molar-refractivity contribution in [3.63, 3.8) is 0 Å². The van der Waals surface area contributed by atoms with Crippen LogP contribution < -0.4 is 10.6 Å². The fourth-order valence-electron chi connectivity index (χ4n) is 3.40. The molecule has 1 amide bonds. The maximum Gasteiger partial charge on any atom is 0.266 e. The molecule has 0 bridgehead atoms. The van der Waals surface area contributed by atoms with Crippen molar-refractivity contribution < 1.29 is 4.79 Å². The number of aromatic amines is 1. The van der Waals surface area contributed by atoms with E-state index in [1.165, 1.54) is 16.9 Å². The third kappa shape index (κ3) is 3.39. The fourth-order valence-corrected chi connectivity index (χ4v) is 6.50. The predicted molar refractivity (Wildman–Crippen MR) is 127 cm³/mol. The van der Waals surface area contributed by atoms with E-state index in [0.29, 0.717) is 0 Å². The first-order valence-corrected chi connectivity index (χ1v) is 12.2. The van der Waals surface area contributed by atoms with Crippen LogP contribution in [0.5, 0.6) is 0 Å². The third-order valence-corrected chi connectivity index (χ3v) is 8.63. The van der Waals surface area contributed by atoms with Crippen LogP contribution in [0.15, 0.2) is 10.8 Å². The fraction of sp³-hybridized carbons (Fsp3) is 0.333. The lowest BCUT2D eigenvalue weighted by Crippen LogP contribution is -2.13. The zero-order valence-electron chi connectivity index (χ0n) is 17.1. The molecule has 5 nitrogen and oxygen atoms in total. The van der Waals surface area contributed by atoms with Crippen LogP contribution in [0.1, 0.15) is 45.8 Å². The van der Waals surface area contributed by atoms with Crippen LogP contribution in [0, 0.1) is 13.8 Å². The number of carbonyl (C=O) groups is 1. The summed E-state index contributed by atoms with van der Waals surface area (Å²) in [6, 6.07) is 0. The van der Waals surface area contributed by atoms with Crippen LogP contribution in [0.25, 0.3) is 21.0 Å². The minimum atomic E-state index is -0.0611. The molecule has 4 heterocycles. The predicted octanol–water partition coefficient (Wildman–Crippen LogP) is 6.45. The van der Waals surface area contributed by atoms with Crippen molar-refractivity contribution in [2.45, 2.75) is 40.5 Å². The maximum atomic E-state index is 13.1. The van der Waals surface area contributed by atoms with Crippen molar-refractivity contribution in [1.29, 1.82) is 0 Å². The molecule has 4 aromatic rings. The average molecular weight is 445 g/mol. The van der Waals surface area contributed by atoms with Crippen molar-refractivity contribution in [1.82, 2.24) is 9.97 Å². The Bertz CT molecular complexity index is 1170. The number of nitrogens with one attached hydrogen (secondary N) is 3. The summed E-state index contributed by atoms with van der Waals surface area (Å²) in [6.07, 6.45) is 1.86. The van der Waals surface area contributed by atoms with Crippen molar-refractivity contribution in [3.05, 3.63) is 37.9 Å². The number of anilines is 2. The molecule has 0 aliphatic carbocycles. The molecule has 8 heteroatoms. The van der Waals surface area contributed by atoms with Crippen LogP contribution in [0.4, 0.5) is 10.7 Å². The van der Waals surface area contributed by atoms with E-state index in [2.05, 4.69) is 47.1 Å². The van der Waals surface area contributed by atoms with Gasteiger partial charge in [0.15, 0.2) is 0 Å². The van der Waals surface area contributed by atoms with Gasteiger partial charge < -0.3 is 15.6 Å². The van der Waals surface area contributed by atoms with Gasteiger partial charge in [-0.25, -0.2) is 4.98 Å². The first kappa shape index (κ1) is 20.1. The van der Waals surface area contributed by atoms with E-state index in [1.54, 1.807) is 22.7 Å². The number of carbonyl (C=O) groups excluding carboxylic acids is 1. The van der Waals surface area contributed by atoms with Crippen molar-refractivity contribution in [3.8, 4) is 10.7 Å². The number of fused-ring (bicyclic) bond motifs is 1. The molecule has 0 atom stereocenters. The van der Waals surface area contributed by atoms with Gasteiger partial charge in [-0.2, -0.15) is 0 Å². The van der Waals surface area contributed by atoms with Gasteiger partial charge >= 0.3 is 0 Å². The largest absolute Gasteiger partial charge is 0.378 e. The van der Waals surface area contributed by atoms with Gasteiger partial charge in [-0.15, -0.1) is 34.0 Å². The number of thiophene rings is 3. The summed E-state index contributed by atoms with van der Waals surface area (Å²) >= 11 is 4.79. The van der Waals surface area contributed by atoms with Gasteiger partial charge in [0.1, 0.15) is 15.7 Å². The Labute approximate surface area is 182 Å². The third-order valence-electron chi connectivity index (χ3n) is 5.27. The lowest BCUT2D eigenvalue weighted by Gasteiger charge is -2.08. The van der Waals surface area contributed by atoms with E-state index in [0.717, 1.165) is 66.1 Å². The number of aromatic nitrogens is 2. The average Bonchev–Trinajstić information content (AvgIpc) is 3.45. The lowest BCUT2D eigenvalue weighted by atomic mass is 10.1. The highest BCUT2D eigenvalue weighted by Crippen LogP contribution is 2.39. The molecule has 0 spiro atoms. The molecular weight excluding hydrogens is 420 g/mol. The topological polar surface area (TPSA) is 69.8 Å². The quantitative estimate of drug-likeness (QED) is 0.320. The van der Waals surface area contributed by atoms with Gasteiger partial charge in [0.05, 0.1) is 21.0 Å². The lowest BCUT2D eigenvalue weighted by molar-refractivity contribution is 0.103. The first-order chi connectivity index (χ1) is 14.0. The van der Waals surface area contributed by atoms with Gasteiger partial charge in [0.2, 0.25) is 0 Å². The van der Waals surface area contributed by atoms with E-state index in [-0.39, 0.29) is 5.91 Å². The minimum Gasteiger partial charge on any atom is -0.378 e. The summed E-state index contributed by atoms with van der Waals surface area (Å²) in [5, 5.41) is 11.6. The van der Waals surface area contributed by atoms with Crippen molar-refractivity contribution in [2.24, 2.45) is 0 Å². The van der Waals surface area contributed by atoms with E-state index < -0.39 is 0 Å². The molecule has 0 saturated carbocycles. The summed E-state index contributed by atoms with van der Waals surface area (Å²) in [4.78, 5) is 24.2. The number of amides is 1. The van der Waals surface area contributed by atoms with Gasteiger partial charge in [0.25, 0.3) is 5.91 Å². The van der Waals surface area contributed by atoms with Crippen LogP contribution in [0.3, 0.4) is 0 Å². The number of hydrogen-bond donors (Lipinski definition) is 3. The number of nitrogens with zero attached hydrogens (tertiary/aromatic N) is 1. The van der Waals surface area contributed by atoms with Gasteiger partial charge in [-0.1, -0.05) is 13.8 Å². The second kappa shape index (κ2) is 7.93. The van der Waals surface area contributed by atoms with E-state index in [4.69, 9.17) is 4.98 Å². The number of rotatable bonds is 6. The smallest absolute Gasteiger partial charge is 0.266 e. The SMILES string of the molecule is CCc1csc(NC)c1NC(=O)c1sc(-c2nc3scc(CC)c3[nH]2)c(C)c1C. The summed E-state index contributed by atoms with van der Waals surface area (Å²) in [6.45, 7) is 8.33. The molecule has 0 unspecified atom stereocenters. The van der Waals surface area contributed by atoms with E-state index in [1.807, 2.05) is 14.0 Å². The molecule has 0 aliphatic heterocycles. The number of aryl methyl sites for hydroxylation is 2. The molecule has 0 aromatic carbocycles. The van der Waals surface area contributed by atoms with Crippen LogP contribution in [0.2, 0.25) is 0 Å². The monoisotopic (exact) mass is 444 g/mol. The molecular formula is C21H24N4OS3. The van der Waals surface area contributed by atoms with Crippen LogP contribution >= 0.6 is 34.0 Å². The van der Waals surface area contributed by atoms with Gasteiger partial charge in [-0.3, -0.25) is 4.79 Å². The summed E-state index contributed by atoms with van der Waals surface area (Å²) in [7, 11) is 1.88. The van der Waals surface area contributed by atoms with E-state index in [9.17, 15) is 4.79 Å². The van der Waals surface area contributed by atoms with Crippen molar-refractivity contribution >= 4 is 61.0 Å². The standard InChI is InChI=1S/C21H24N4OS3/c1-6-12-8-27-20(22-5)14(12)24-19(26)17-11(4)10(3)16(29-17)18-23-15-13(7-2)9-28-21(15)25-18/h8-9,22H,6-7H2,1-5H3,(H,23,25)(H,24,26). The Morgan fingerprint density at radius 3 is 2.52 bits per heavy atom. The summed E-state index contributed by atoms with van der Waals surface area (Å²) in [5.74, 6) is 0.793.